The molecule has 0 amide bonds. The molecule has 314 valence electrons. The molecule has 9 aromatic heterocycles. The van der Waals surface area contributed by atoms with Crippen LogP contribution >= 0.6 is 102 Å². The molecular weight excluding hydrogens is 977 g/mol. The van der Waals surface area contributed by atoms with Gasteiger partial charge in [0.25, 0.3) is 0 Å². The minimum absolute atomic E-state index is 1.35. The molecule has 61 heavy (non-hydrogen) atoms. The van der Waals surface area contributed by atoms with Gasteiger partial charge in [-0.25, -0.2) is 0 Å². The van der Waals surface area contributed by atoms with Crippen molar-refractivity contribution in [2.75, 3.05) is 0 Å². The number of hydrogen-bond donors (Lipinski definition) is 0. The van der Waals surface area contributed by atoms with Crippen molar-refractivity contribution in [1.82, 2.24) is 0 Å². The highest BCUT2D eigenvalue weighted by Gasteiger charge is 2.28. The molecule has 0 fully saturated rings. The van der Waals surface area contributed by atoms with Crippen LogP contribution in [0.5, 0.6) is 0 Å². The molecule has 0 aliphatic rings. The monoisotopic (exact) mass is 1030 g/mol. The van der Waals surface area contributed by atoms with Crippen LogP contribution in [0.2, 0.25) is 78.6 Å². The van der Waals surface area contributed by atoms with E-state index in [1.165, 1.54) is 81.5 Å². The van der Waals surface area contributed by atoms with E-state index in [-0.39, 0.29) is 0 Å². The lowest BCUT2D eigenvalue weighted by Gasteiger charge is -2.13. The van der Waals surface area contributed by atoms with Crippen LogP contribution in [0.25, 0.3) is 81.5 Å². The maximum Gasteiger partial charge on any atom is 0.0904 e. The van der Waals surface area contributed by atoms with Crippen molar-refractivity contribution in [1.29, 1.82) is 0 Å². The molecule has 0 saturated carbocycles. The molecular formula is C48H52S9Si4. The Morgan fingerprint density at radius 1 is 0.279 bits per heavy atom. The van der Waals surface area contributed by atoms with Gasteiger partial charge in [-0.1, -0.05) is 103 Å². The van der Waals surface area contributed by atoms with Crippen LogP contribution in [0.3, 0.4) is 0 Å². The quantitative estimate of drug-likeness (QED) is 0.107. The lowest BCUT2D eigenvalue weighted by molar-refractivity contribution is 1.78. The molecule has 9 rings (SSSR count). The highest BCUT2D eigenvalue weighted by atomic mass is 32.1. The summed E-state index contributed by atoms with van der Waals surface area (Å²) in [7, 11) is -5.68. The van der Waals surface area contributed by atoms with E-state index in [0.717, 1.165) is 0 Å². The van der Waals surface area contributed by atoms with Crippen molar-refractivity contribution in [3.63, 3.8) is 0 Å². The van der Waals surface area contributed by atoms with E-state index in [9.17, 15) is 0 Å². The Morgan fingerprint density at radius 2 is 0.590 bits per heavy atom. The number of hydrogen-bond acceptors (Lipinski definition) is 9. The summed E-state index contributed by atoms with van der Waals surface area (Å²) in [6, 6.07) is 31.2. The zero-order valence-corrected chi connectivity index (χ0v) is 48.3. The SMILES string of the molecule is C[Si](C)(C)c1ccc(-c2scc(-c3ccc(-c4ccsc4-c4ccc(-c5csc(-c6ccc([Si](C)(C)C)s6)c5-c5ccc([Si](C)(C)C)s5)s4)s3)c2-c2ccc([Si](C)(C)C)s2)s1. The summed E-state index contributed by atoms with van der Waals surface area (Å²) in [5.41, 5.74) is 6.97. The van der Waals surface area contributed by atoms with E-state index in [0.29, 0.717) is 0 Å². The molecule has 0 aliphatic carbocycles. The molecule has 0 aromatic carbocycles. The second-order valence-electron chi connectivity index (χ2n) is 19.9. The topological polar surface area (TPSA) is 0 Å². The highest BCUT2D eigenvalue weighted by Crippen LogP contribution is 2.53. The Hall–Kier alpha value is -1.83. The zero-order valence-electron chi connectivity index (χ0n) is 36.9. The first-order valence-electron chi connectivity index (χ1n) is 20.7. The van der Waals surface area contributed by atoms with E-state index in [1.807, 2.05) is 102 Å². The van der Waals surface area contributed by atoms with Crippen LogP contribution in [0.1, 0.15) is 0 Å². The fourth-order valence-corrected chi connectivity index (χ4v) is 25.0. The van der Waals surface area contributed by atoms with Gasteiger partial charge in [0.1, 0.15) is 0 Å². The summed E-state index contributed by atoms with van der Waals surface area (Å²) in [4.78, 5) is 15.3. The van der Waals surface area contributed by atoms with Crippen molar-refractivity contribution in [3.8, 4) is 81.5 Å². The maximum atomic E-state index is 2.47. The van der Waals surface area contributed by atoms with Crippen LogP contribution in [0, 0.1) is 0 Å². The minimum atomic E-state index is -1.44. The van der Waals surface area contributed by atoms with E-state index in [1.54, 1.807) is 18.0 Å². The normalized spacial score (nSPS) is 12.9. The van der Waals surface area contributed by atoms with Crippen molar-refractivity contribution in [2.45, 2.75) is 78.6 Å². The summed E-state index contributed by atoms with van der Waals surface area (Å²) in [6.07, 6.45) is 0. The van der Waals surface area contributed by atoms with Gasteiger partial charge in [0.15, 0.2) is 0 Å². The van der Waals surface area contributed by atoms with Crippen molar-refractivity contribution < 1.29 is 0 Å². The fourth-order valence-electron chi connectivity index (χ4n) is 7.33. The van der Waals surface area contributed by atoms with Gasteiger partial charge in [-0.05, 0) is 78.0 Å². The smallest absolute Gasteiger partial charge is 0.0904 e. The molecule has 0 N–H and O–H groups in total. The van der Waals surface area contributed by atoms with E-state index in [4.69, 9.17) is 0 Å². The Labute approximate surface area is 403 Å². The first-order chi connectivity index (χ1) is 28.7. The summed E-state index contributed by atoms with van der Waals surface area (Å²) in [5, 5.41) is 7.17. The van der Waals surface area contributed by atoms with Gasteiger partial charge in [0.2, 0.25) is 0 Å². The third-order valence-electron chi connectivity index (χ3n) is 10.8. The minimum Gasteiger partial charge on any atom is -0.145 e. The molecule has 0 aliphatic heterocycles. The summed E-state index contributed by atoms with van der Waals surface area (Å²) in [5.74, 6) is 0. The summed E-state index contributed by atoms with van der Waals surface area (Å²) >= 11 is 17.8. The van der Waals surface area contributed by atoms with Crippen LogP contribution in [-0.4, -0.2) is 32.3 Å². The summed E-state index contributed by atoms with van der Waals surface area (Å²) in [6.45, 7) is 29.6. The molecule has 0 nitrogen and oxygen atoms in total. The molecule has 9 heterocycles. The predicted octanol–water partition coefficient (Wildman–Crippen LogP) is 17.8. The highest BCUT2D eigenvalue weighted by molar-refractivity contribution is 7.33. The van der Waals surface area contributed by atoms with Gasteiger partial charge in [0, 0.05) is 77.6 Å². The molecule has 13 heteroatoms. The van der Waals surface area contributed by atoms with Crippen molar-refractivity contribution in [2.24, 2.45) is 0 Å². The Morgan fingerprint density at radius 3 is 0.984 bits per heavy atom. The number of rotatable bonds is 12. The average Bonchev–Trinajstić information content (AvgIpc) is 4.03. The van der Waals surface area contributed by atoms with Crippen LogP contribution in [0.4, 0.5) is 0 Å². The second-order valence-corrected chi connectivity index (χ2v) is 50.6. The standard InChI is InChI=1S/C48H52S9Si4/c1-58(2,3)40-21-17-35(54-40)44-30(27-50-47(44)38-19-23-42(56-38)60(7,8)9)33-14-13-32(52-33)29-25-26-49-46(29)37-16-15-34(53-37)31-28-51-48(39-20-24-43(57-39)61(10,11)12)45(31)36-18-22-41(55-36)59(4,5)6/h13-28H,1-12H3. The third kappa shape index (κ3) is 8.83. The van der Waals surface area contributed by atoms with Crippen LogP contribution < -0.4 is 18.0 Å². The third-order valence-corrected chi connectivity index (χ3v) is 35.3. The molecule has 0 spiro atoms. The van der Waals surface area contributed by atoms with Gasteiger partial charge in [0.05, 0.1) is 46.9 Å². The van der Waals surface area contributed by atoms with Crippen molar-refractivity contribution in [3.05, 3.63) is 95.0 Å². The Balaban J connectivity index is 1.08. The van der Waals surface area contributed by atoms with E-state index in [2.05, 4.69) is 174 Å². The van der Waals surface area contributed by atoms with Gasteiger partial charge in [-0.15, -0.1) is 102 Å². The second kappa shape index (κ2) is 16.6. The largest absolute Gasteiger partial charge is 0.145 e. The lowest BCUT2D eigenvalue weighted by Crippen LogP contribution is -2.34. The van der Waals surface area contributed by atoms with E-state index < -0.39 is 32.3 Å². The molecule has 0 saturated heterocycles. The molecule has 0 unspecified atom stereocenters. The molecule has 0 atom stereocenters. The molecule has 0 bridgehead atoms. The first kappa shape index (κ1) is 44.4. The van der Waals surface area contributed by atoms with Gasteiger partial charge < -0.3 is 0 Å². The van der Waals surface area contributed by atoms with Gasteiger partial charge in [-0.2, -0.15) is 0 Å². The van der Waals surface area contributed by atoms with E-state index >= 15 is 0 Å². The zero-order chi connectivity index (χ0) is 43.2. The number of thiophene rings is 9. The molecule has 9 aromatic rings. The van der Waals surface area contributed by atoms with Gasteiger partial charge in [-0.3, -0.25) is 0 Å². The Bertz CT molecular complexity index is 2790. The van der Waals surface area contributed by atoms with Crippen LogP contribution in [0.15, 0.2) is 95.0 Å². The predicted molar refractivity (Wildman–Crippen MR) is 303 cm³/mol. The van der Waals surface area contributed by atoms with Crippen LogP contribution in [-0.2, 0) is 0 Å². The van der Waals surface area contributed by atoms with Crippen molar-refractivity contribution >= 4 is 152 Å². The molecule has 0 radical (unpaired) electrons. The maximum absolute atomic E-state index is 2.47. The lowest BCUT2D eigenvalue weighted by atomic mass is 10.1. The first-order valence-corrected chi connectivity index (χ1v) is 42.2. The fraction of sp³-hybridized carbons (Fsp3) is 0.250. The van der Waals surface area contributed by atoms with Gasteiger partial charge >= 0.3 is 0 Å². The average molecular weight is 1030 g/mol. The Kier molecular flexibility index (Phi) is 12.0. The summed E-state index contributed by atoms with van der Waals surface area (Å²) < 4.78 is 6.30.